The highest BCUT2D eigenvalue weighted by molar-refractivity contribution is 7.92. The van der Waals surface area contributed by atoms with Crippen LogP contribution in [-0.2, 0) is 9.84 Å². The summed E-state index contributed by atoms with van der Waals surface area (Å²) in [7, 11) is -3.38. The van der Waals surface area contributed by atoms with Crippen molar-refractivity contribution in [2.45, 2.75) is 48.4 Å². The molecule has 1 N–H and O–H groups in total. The first-order valence-corrected chi connectivity index (χ1v) is 8.31. The van der Waals surface area contributed by atoms with Crippen LogP contribution in [0.4, 0.5) is 0 Å². The Bertz CT molecular complexity index is 642. The second kappa shape index (κ2) is 4.77. The van der Waals surface area contributed by atoms with E-state index in [9.17, 15) is 18.3 Å². The van der Waals surface area contributed by atoms with E-state index in [0.717, 1.165) is 19.3 Å². The van der Waals surface area contributed by atoms with E-state index >= 15 is 0 Å². The van der Waals surface area contributed by atoms with Gasteiger partial charge in [-0.3, -0.25) is 0 Å². The van der Waals surface area contributed by atoms with Gasteiger partial charge in [-0.05, 0) is 50.3 Å². The molecule has 3 rings (SSSR count). The molecule has 1 aromatic rings. The van der Waals surface area contributed by atoms with Crippen molar-refractivity contribution in [1.82, 2.24) is 0 Å². The van der Waals surface area contributed by atoms with Crippen LogP contribution in [0.5, 0.6) is 5.75 Å². The minimum Gasteiger partial charge on any atom is -0.490 e. The van der Waals surface area contributed by atoms with Gasteiger partial charge in [0, 0.05) is 0 Å². The van der Waals surface area contributed by atoms with Crippen LogP contribution in [0.25, 0.3) is 0 Å². The van der Waals surface area contributed by atoms with E-state index in [1.54, 1.807) is 0 Å². The molecule has 2 aliphatic rings. The van der Waals surface area contributed by atoms with Crippen molar-refractivity contribution in [3.63, 3.8) is 0 Å². The number of carboxylic acid groups (broad SMARTS) is 1. The quantitative estimate of drug-likeness (QED) is 0.901. The zero-order chi connectivity index (χ0) is 14.3. The molecule has 20 heavy (non-hydrogen) atoms. The van der Waals surface area contributed by atoms with Crippen LogP contribution in [0.2, 0.25) is 0 Å². The van der Waals surface area contributed by atoms with E-state index in [1.165, 1.54) is 18.2 Å². The fourth-order valence-electron chi connectivity index (χ4n) is 2.19. The number of sulfone groups is 1. The largest absolute Gasteiger partial charge is 0.490 e. The van der Waals surface area contributed by atoms with Gasteiger partial charge in [0.05, 0.1) is 16.2 Å². The second-order valence-corrected chi connectivity index (χ2v) is 7.61. The Morgan fingerprint density at radius 3 is 2.40 bits per heavy atom. The third kappa shape index (κ3) is 2.40. The Hall–Kier alpha value is -1.56. The summed E-state index contributed by atoms with van der Waals surface area (Å²) in [5, 5.41) is 8.89. The molecule has 2 saturated carbocycles. The van der Waals surface area contributed by atoms with Crippen LogP contribution in [0.15, 0.2) is 23.1 Å². The smallest absolute Gasteiger partial charge is 0.339 e. The summed E-state index contributed by atoms with van der Waals surface area (Å²) in [5.41, 5.74) is -0.0707. The molecule has 5 nitrogen and oxygen atoms in total. The van der Waals surface area contributed by atoms with Gasteiger partial charge in [0.25, 0.3) is 0 Å². The lowest BCUT2D eigenvalue weighted by molar-refractivity contribution is 0.0679. The molecule has 6 heteroatoms. The van der Waals surface area contributed by atoms with Gasteiger partial charge in [-0.1, -0.05) is 0 Å². The number of rotatable bonds is 5. The summed E-state index contributed by atoms with van der Waals surface area (Å²) in [6.45, 7) is 0. The molecule has 2 aliphatic carbocycles. The molecular weight excluding hydrogens is 280 g/mol. The molecule has 0 aliphatic heterocycles. The number of ether oxygens (including phenoxy) is 1. The van der Waals surface area contributed by atoms with Crippen molar-refractivity contribution in [1.29, 1.82) is 0 Å². The van der Waals surface area contributed by atoms with Gasteiger partial charge in [-0.15, -0.1) is 0 Å². The molecule has 0 spiro atoms. The van der Waals surface area contributed by atoms with Gasteiger partial charge < -0.3 is 9.84 Å². The number of carboxylic acids is 1. The molecule has 0 radical (unpaired) electrons. The molecule has 0 atom stereocenters. The first-order chi connectivity index (χ1) is 9.48. The van der Waals surface area contributed by atoms with E-state index in [1.807, 2.05) is 0 Å². The lowest BCUT2D eigenvalue weighted by Crippen LogP contribution is -2.25. The molecule has 0 unspecified atom stereocenters. The van der Waals surface area contributed by atoms with Crippen LogP contribution in [-0.4, -0.2) is 30.8 Å². The highest BCUT2D eigenvalue weighted by Gasteiger charge is 2.37. The van der Waals surface area contributed by atoms with Crippen LogP contribution in [0, 0.1) is 0 Å². The van der Waals surface area contributed by atoms with Crippen molar-refractivity contribution in [3.8, 4) is 5.75 Å². The molecule has 0 bridgehead atoms. The predicted molar refractivity (Wildman–Crippen MR) is 71.9 cm³/mol. The maximum Gasteiger partial charge on any atom is 0.339 e. The maximum atomic E-state index is 12.1. The van der Waals surface area contributed by atoms with E-state index < -0.39 is 15.8 Å². The third-order valence-corrected chi connectivity index (χ3v) is 6.08. The Kier molecular flexibility index (Phi) is 3.20. The molecule has 0 amide bonds. The van der Waals surface area contributed by atoms with Crippen LogP contribution in [0.3, 0.4) is 0 Å². The number of hydrogen-bond donors (Lipinski definition) is 1. The van der Waals surface area contributed by atoms with Crippen LogP contribution >= 0.6 is 0 Å². The molecule has 0 heterocycles. The van der Waals surface area contributed by atoms with Crippen molar-refractivity contribution in [2.24, 2.45) is 0 Å². The zero-order valence-corrected chi connectivity index (χ0v) is 11.7. The fourth-order valence-corrected chi connectivity index (χ4v) is 3.88. The third-order valence-electron chi connectivity index (χ3n) is 3.82. The summed E-state index contributed by atoms with van der Waals surface area (Å²) in [6, 6.07) is 4.15. The molecule has 2 fully saturated rings. The highest BCUT2D eigenvalue weighted by Crippen LogP contribution is 2.36. The topological polar surface area (TPSA) is 80.7 Å². The lowest BCUT2D eigenvalue weighted by atomic mass is 9.96. The zero-order valence-electron chi connectivity index (χ0n) is 10.9. The molecule has 0 saturated heterocycles. The van der Waals surface area contributed by atoms with E-state index in [4.69, 9.17) is 4.74 Å². The van der Waals surface area contributed by atoms with E-state index in [0.29, 0.717) is 12.8 Å². The summed E-state index contributed by atoms with van der Waals surface area (Å²) in [6.07, 6.45) is 4.29. The Balaban J connectivity index is 1.94. The highest BCUT2D eigenvalue weighted by atomic mass is 32.2. The average molecular weight is 296 g/mol. The monoisotopic (exact) mass is 296 g/mol. The lowest BCUT2D eigenvalue weighted by Gasteiger charge is -2.27. The Morgan fingerprint density at radius 1 is 1.20 bits per heavy atom. The number of hydrogen-bond acceptors (Lipinski definition) is 4. The van der Waals surface area contributed by atoms with Crippen LogP contribution in [0.1, 0.15) is 42.5 Å². The molecule has 0 aromatic heterocycles. The Labute approximate surface area is 117 Å². The SMILES string of the molecule is O=C(O)c1cc(S(=O)(=O)C2CC2)ccc1OC1CCC1. The van der Waals surface area contributed by atoms with Gasteiger partial charge in [-0.2, -0.15) is 0 Å². The first kappa shape index (κ1) is 13.4. The maximum absolute atomic E-state index is 12.1. The Morgan fingerprint density at radius 2 is 1.90 bits per heavy atom. The summed E-state index contributed by atoms with van der Waals surface area (Å²) >= 11 is 0. The molecule has 108 valence electrons. The fraction of sp³-hybridized carbons (Fsp3) is 0.500. The normalized spacial score (nSPS) is 19.4. The molecular formula is C14H16O5S. The number of aromatic carboxylic acids is 1. The van der Waals surface area contributed by atoms with Gasteiger partial charge in [0.1, 0.15) is 11.3 Å². The van der Waals surface area contributed by atoms with Gasteiger partial charge in [-0.25, -0.2) is 13.2 Å². The molecule has 1 aromatic carbocycles. The predicted octanol–water partition coefficient (Wildman–Crippen LogP) is 2.25. The number of benzene rings is 1. The second-order valence-electron chi connectivity index (χ2n) is 5.38. The summed E-state index contributed by atoms with van der Waals surface area (Å²) in [4.78, 5) is 11.4. The van der Waals surface area contributed by atoms with E-state index in [2.05, 4.69) is 0 Å². The first-order valence-electron chi connectivity index (χ1n) is 6.76. The average Bonchev–Trinajstić information content (AvgIpc) is 3.17. The van der Waals surface area contributed by atoms with Crippen LogP contribution < -0.4 is 4.74 Å². The minimum atomic E-state index is -3.38. The number of carbonyl (C=O) groups is 1. The summed E-state index contributed by atoms with van der Waals surface area (Å²) < 4.78 is 29.9. The van der Waals surface area contributed by atoms with Gasteiger partial charge >= 0.3 is 5.97 Å². The standard InChI is InChI=1S/C14H16O5S/c15-14(16)12-8-11(20(17,18)10-4-5-10)6-7-13(12)19-9-2-1-3-9/h6-10H,1-5H2,(H,15,16). The van der Waals surface area contributed by atoms with Crippen molar-refractivity contribution >= 4 is 15.8 Å². The van der Waals surface area contributed by atoms with Gasteiger partial charge in [0.2, 0.25) is 0 Å². The van der Waals surface area contributed by atoms with Crippen molar-refractivity contribution < 1.29 is 23.1 Å². The van der Waals surface area contributed by atoms with Gasteiger partial charge in [0.15, 0.2) is 9.84 Å². The van der Waals surface area contributed by atoms with Crippen molar-refractivity contribution in [2.75, 3.05) is 0 Å². The van der Waals surface area contributed by atoms with E-state index in [-0.39, 0.29) is 27.6 Å². The summed E-state index contributed by atoms with van der Waals surface area (Å²) in [5.74, 6) is -0.899. The van der Waals surface area contributed by atoms with Crippen molar-refractivity contribution in [3.05, 3.63) is 23.8 Å². The minimum absolute atomic E-state index is 0.0546.